The van der Waals surface area contributed by atoms with Crippen LogP contribution in [-0.2, 0) is 9.59 Å². The highest BCUT2D eigenvalue weighted by atomic mass is 16.2. The van der Waals surface area contributed by atoms with E-state index >= 15 is 0 Å². The van der Waals surface area contributed by atoms with Crippen LogP contribution in [0.25, 0.3) is 0 Å². The number of benzene rings is 1. The van der Waals surface area contributed by atoms with Gasteiger partial charge >= 0.3 is 0 Å². The predicted molar refractivity (Wildman–Crippen MR) is 78.3 cm³/mol. The van der Waals surface area contributed by atoms with Crippen molar-refractivity contribution in [1.82, 2.24) is 0 Å². The summed E-state index contributed by atoms with van der Waals surface area (Å²) in [4.78, 5) is 27.1. The molecule has 108 valence electrons. The van der Waals surface area contributed by atoms with E-state index in [0.29, 0.717) is 23.1 Å². The Kier molecular flexibility index (Phi) is 2.14. The van der Waals surface area contributed by atoms with Crippen molar-refractivity contribution >= 4 is 17.5 Å². The van der Waals surface area contributed by atoms with Crippen LogP contribution < -0.4 is 4.90 Å². The number of rotatable bonds is 1. The number of nitrogens with zero attached hydrogens (tertiary/aromatic N) is 2. The second kappa shape index (κ2) is 3.86. The van der Waals surface area contributed by atoms with Gasteiger partial charge in [-0.15, -0.1) is 0 Å². The fourth-order valence-electron chi connectivity index (χ4n) is 4.90. The van der Waals surface area contributed by atoms with Crippen molar-refractivity contribution < 1.29 is 9.59 Å². The van der Waals surface area contributed by atoms with Gasteiger partial charge in [-0.25, -0.2) is 0 Å². The maximum absolute atomic E-state index is 12.9. The molecule has 5 aliphatic rings. The first-order valence-electron chi connectivity index (χ1n) is 7.77. The molecule has 1 heterocycles. The summed E-state index contributed by atoms with van der Waals surface area (Å²) in [5.74, 6) is 1.31. The van der Waals surface area contributed by atoms with E-state index in [1.54, 1.807) is 24.3 Å². The Bertz CT molecular complexity index is 737. The number of carbonyl (C=O) groups excluding carboxylic acids is 2. The molecule has 22 heavy (non-hydrogen) atoms. The summed E-state index contributed by atoms with van der Waals surface area (Å²) in [6.45, 7) is 0. The molecule has 1 aliphatic heterocycles. The van der Waals surface area contributed by atoms with Crippen molar-refractivity contribution in [3.8, 4) is 6.07 Å². The van der Waals surface area contributed by atoms with Gasteiger partial charge in [0.05, 0.1) is 29.2 Å². The van der Waals surface area contributed by atoms with Crippen LogP contribution in [0.1, 0.15) is 12.0 Å². The topological polar surface area (TPSA) is 61.2 Å². The molecule has 2 amide bonds. The summed E-state index contributed by atoms with van der Waals surface area (Å²) in [5.41, 5.74) is 1.12. The standard InChI is InChI=1S/C18H14N2O2/c19-8-9-1-3-10(4-2-9)20-17(21)15-11-5-6-12(14-7-13(11)14)16(15)18(20)22/h1-6,11-16H,7H2/t11-,12-,13-,14-,15-,16+/m0/s1. The molecule has 3 fully saturated rings. The molecule has 0 unspecified atom stereocenters. The molecule has 0 radical (unpaired) electrons. The zero-order valence-electron chi connectivity index (χ0n) is 11.8. The SMILES string of the molecule is N#Cc1ccc(N2C(=O)[C@@H]3[C@H]4C=C[C@@H]([C@@H]5C[C@@H]45)[C@@H]3C2=O)cc1. The van der Waals surface area contributed by atoms with Gasteiger partial charge in [0.2, 0.25) is 11.8 Å². The number of allylic oxidation sites excluding steroid dienone is 2. The largest absolute Gasteiger partial charge is 0.274 e. The number of imide groups is 1. The Morgan fingerprint density at radius 1 is 0.955 bits per heavy atom. The van der Waals surface area contributed by atoms with Crippen LogP contribution in [0.3, 0.4) is 0 Å². The number of anilines is 1. The molecule has 0 N–H and O–H groups in total. The molecule has 4 heteroatoms. The Labute approximate surface area is 128 Å². The van der Waals surface area contributed by atoms with Gasteiger partial charge in [-0.3, -0.25) is 14.5 Å². The molecule has 6 rings (SSSR count). The minimum Gasteiger partial charge on any atom is -0.274 e. The molecular formula is C18H14N2O2. The van der Waals surface area contributed by atoms with E-state index in [1.165, 1.54) is 11.3 Å². The lowest BCUT2D eigenvalue weighted by Crippen LogP contribution is -2.40. The summed E-state index contributed by atoms with van der Waals surface area (Å²) in [7, 11) is 0. The van der Waals surface area contributed by atoms with Gasteiger partial charge in [0.1, 0.15) is 0 Å². The van der Waals surface area contributed by atoms with Gasteiger partial charge in [-0.2, -0.15) is 5.26 Å². The third-order valence-corrected chi connectivity index (χ3v) is 5.92. The smallest absolute Gasteiger partial charge is 0.238 e. The van der Waals surface area contributed by atoms with Crippen LogP contribution in [0.4, 0.5) is 5.69 Å². The highest BCUT2D eigenvalue weighted by molar-refractivity contribution is 6.22. The van der Waals surface area contributed by atoms with Crippen molar-refractivity contribution in [2.24, 2.45) is 35.5 Å². The molecule has 4 aliphatic carbocycles. The van der Waals surface area contributed by atoms with Gasteiger partial charge in [0.25, 0.3) is 0 Å². The van der Waals surface area contributed by atoms with E-state index < -0.39 is 0 Å². The maximum atomic E-state index is 12.9. The lowest BCUT2D eigenvalue weighted by molar-refractivity contribution is -0.124. The maximum Gasteiger partial charge on any atom is 0.238 e. The average molecular weight is 290 g/mol. The summed E-state index contributed by atoms with van der Waals surface area (Å²) in [6, 6.07) is 8.76. The molecule has 0 aromatic heterocycles. The van der Waals surface area contributed by atoms with Crippen LogP contribution in [0.2, 0.25) is 0 Å². The molecule has 1 aromatic carbocycles. The van der Waals surface area contributed by atoms with E-state index in [4.69, 9.17) is 5.26 Å². The molecule has 1 saturated heterocycles. The molecule has 2 bridgehead atoms. The van der Waals surface area contributed by atoms with E-state index in [0.717, 1.165) is 0 Å². The third-order valence-electron chi connectivity index (χ3n) is 5.92. The second-order valence-electron chi connectivity index (χ2n) is 6.83. The normalized spacial score (nSPS) is 40.4. The first-order valence-corrected chi connectivity index (χ1v) is 7.77. The number of carbonyl (C=O) groups is 2. The van der Waals surface area contributed by atoms with E-state index in [2.05, 4.69) is 18.2 Å². The molecule has 0 spiro atoms. The summed E-state index contributed by atoms with van der Waals surface area (Å²) >= 11 is 0. The summed E-state index contributed by atoms with van der Waals surface area (Å²) in [5, 5.41) is 8.87. The van der Waals surface area contributed by atoms with Gasteiger partial charge in [-0.05, 0) is 54.4 Å². The van der Waals surface area contributed by atoms with Gasteiger partial charge in [0.15, 0.2) is 0 Å². The molecule has 1 aromatic rings. The third kappa shape index (κ3) is 1.32. The van der Waals surface area contributed by atoms with Crippen LogP contribution in [-0.4, -0.2) is 11.8 Å². The van der Waals surface area contributed by atoms with Crippen LogP contribution >= 0.6 is 0 Å². The zero-order valence-corrected chi connectivity index (χ0v) is 11.8. The molecule has 4 nitrogen and oxygen atoms in total. The minimum atomic E-state index is -0.165. The first-order chi connectivity index (χ1) is 10.7. The molecule has 6 atom stereocenters. The van der Waals surface area contributed by atoms with Crippen LogP contribution in [0, 0.1) is 46.8 Å². The second-order valence-corrected chi connectivity index (χ2v) is 6.83. The lowest BCUT2D eigenvalue weighted by atomic mass is 9.63. The monoisotopic (exact) mass is 290 g/mol. The van der Waals surface area contributed by atoms with Gasteiger partial charge in [0, 0.05) is 0 Å². The zero-order chi connectivity index (χ0) is 15.0. The number of nitriles is 1. The van der Waals surface area contributed by atoms with E-state index in [-0.39, 0.29) is 35.5 Å². The number of hydrogen-bond acceptors (Lipinski definition) is 3. The molecular weight excluding hydrogens is 276 g/mol. The predicted octanol–water partition coefficient (Wildman–Crippen LogP) is 2.12. The number of hydrogen-bond donors (Lipinski definition) is 0. The average Bonchev–Trinajstić information content (AvgIpc) is 3.32. The van der Waals surface area contributed by atoms with Crippen molar-refractivity contribution in [1.29, 1.82) is 5.26 Å². The van der Waals surface area contributed by atoms with Crippen molar-refractivity contribution in [2.75, 3.05) is 4.90 Å². The minimum absolute atomic E-state index is 0.0515. The van der Waals surface area contributed by atoms with E-state index in [1.807, 2.05) is 0 Å². The van der Waals surface area contributed by atoms with Crippen molar-refractivity contribution in [3.05, 3.63) is 42.0 Å². The fraction of sp³-hybridized carbons (Fsp3) is 0.389. The Morgan fingerprint density at radius 2 is 1.50 bits per heavy atom. The summed E-state index contributed by atoms with van der Waals surface area (Å²) in [6.07, 6.45) is 5.52. The van der Waals surface area contributed by atoms with Crippen molar-refractivity contribution in [2.45, 2.75) is 6.42 Å². The van der Waals surface area contributed by atoms with Crippen LogP contribution in [0.15, 0.2) is 36.4 Å². The Morgan fingerprint density at radius 3 is 2.00 bits per heavy atom. The quantitative estimate of drug-likeness (QED) is 0.588. The van der Waals surface area contributed by atoms with Gasteiger partial charge in [-0.1, -0.05) is 12.2 Å². The highest BCUT2D eigenvalue weighted by Crippen LogP contribution is 2.65. The lowest BCUT2D eigenvalue weighted by Gasteiger charge is -2.37. The van der Waals surface area contributed by atoms with Gasteiger partial charge < -0.3 is 0 Å². The van der Waals surface area contributed by atoms with E-state index in [9.17, 15) is 9.59 Å². The Balaban J connectivity index is 1.56. The Hall–Kier alpha value is -2.41. The fourth-order valence-corrected chi connectivity index (χ4v) is 4.90. The first kappa shape index (κ1) is 12.2. The highest BCUT2D eigenvalue weighted by Gasteiger charge is 2.67. The summed E-state index contributed by atoms with van der Waals surface area (Å²) < 4.78 is 0. The van der Waals surface area contributed by atoms with Crippen LogP contribution in [0.5, 0.6) is 0 Å². The number of amides is 2. The van der Waals surface area contributed by atoms with Crippen molar-refractivity contribution in [3.63, 3.8) is 0 Å². The molecule has 2 saturated carbocycles.